The van der Waals surface area contributed by atoms with E-state index in [1.54, 1.807) is 23.1 Å². The second kappa shape index (κ2) is 8.19. The average Bonchev–Trinajstić information content (AvgIpc) is 2.44. The molecule has 0 radical (unpaired) electrons. The zero-order valence-corrected chi connectivity index (χ0v) is 12.0. The van der Waals surface area contributed by atoms with E-state index in [0.717, 1.165) is 12.8 Å². The van der Waals surface area contributed by atoms with Gasteiger partial charge in [-0.2, -0.15) is 0 Å². The molecule has 0 saturated heterocycles. The predicted molar refractivity (Wildman–Crippen MR) is 76.1 cm³/mol. The third-order valence-electron chi connectivity index (χ3n) is 2.81. The summed E-state index contributed by atoms with van der Waals surface area (Å²) in [6.07, 6.45) is 1.77. The van der Waals surface area contributed by atoms with E-state index < -0.39 is 5.97 Å². The maximum atomic E-state index is 12.0. The molecule has 5 heteroatoms. The van der Waals surface area contributed by atoms with E-state index in [9.17, 15) is 9.59 Å². The minimum Gasteiger partial charge on any atom is -0.483 e. The van der Waals surface area contributed by atoms with Crippen LogP contribution >= 0.6 is 0 Å². The minimum absolute atomic E-state index is 0.0674. The molecular formula is C15H21NO4. The Morgan fingerprint density at radius 3 is 2.30 bits per heavy atom. The lowest BCUT2D eigenvalue weighted by atomic mass is 10.2. The third-order valence-corrected chi connectivity index (χ3v) is 2.81. The molecule has 1 N–H and O–H groups in total. The van der Waals surface area contributed by atoms with Gasteiger partial charge in [-0.15, -0.1) is 0 Å². The fourth-order valence-electron chi connectivity index (χ4n) is 1.90. The molecule has 0 spiro atoms. The Balaban J connectivity index is 2.66. The molecule has 0 unspecified atom stereocenters. The maximum Gasteiger partial charge on any atom is 0.339 e. The summed E-state index contributed by atoms with van der Waals surface area (Å²) in [5, 5.41) is 9.03. The summed E-state index contributed by atoms with van der Waals surface area (Å²) in [4.78, 5) is 24.8. The number of hydrogen-bond acceptors (Lipinski definition) is 3. The SMILES string of the molecule is CCCN(CCC)C(=O)COc1ccccc1C(=O)O. The third kappa shape index (κ3) is 4.57. The Kier molecular flexibility index (Phi) is 6.56. The second-order valence-corrected chi connectivity index (χ2v) is 4.47. The molecule has 0 aliphatic heterocycles. The van der Waals surface area contributed by atoms with E-state index >= 15 is 0 Å². The molecule has 0 aliphatic rings. The number of carbonyl (C=O) groups excluding carboxylic acids is 1. The van der Waals surface area contributed by atoms with Crippen LogP contribution in [-0.4, -0.2) is 41.6 Å². The molecule has 20 heavy (non-hydrogen) atoms. The van der Waals surface area contributed by atoms with E-state index in [0.29, 0.717) is 13.1 Å². The van der Waals surface area contributed by atoms with Gasteiger partial charge in [0, 0.05) is 13.1 Å². The van der Waals surface area contributed by atoms with Crippen molar-refractivity contribution < 1.29 is 19.4 Å². The molecule has 5 nitrogen and oxygen atoms in total. The molecule has 0 saturated carbocycles. The number of carboxylic acids is 1. The zero-order chi connectivity index (χ0) is 15.0. The normalized spacial score (nSPS) is 10.1. The van der Waals surface area contributed by atoms with Gasteiger partial charge in [-0.3, -0.25) is 4.79 Å². The number of carboxylic acid groups (broad SMARTS) is 1. The van der Waals surface area contributed by atoms with Crippen molar-refractivity contribution >= 4 is 11.9 Å². The maximum absolute atomic E-state index is 12.0. The van der Waals surface area contributed by atoms with Crippen molar-refractivity contribution in [3.05, 3.63) is 29.8 Å². The van der Waals surface area contributed by atoms with Crippen molar-refractivity contribution in [2.24, 2.45) is 0 Å². The summed E-state index contributed by atoms with van der Waals surface area (Å²) in [6, 6.07) is 6.32. The summed E-state index contributed by atoms with van der Waals surface area (Å²) in [5.41, 5.74) is 0.0674. The number of para-hydroxylation sites is 1. The molecule has 110 valence electrons. The number of rotatable bonds is 8. The summed E-state index contributed by atoms with van der Waals surface area (Å²) in [5.74, 6) is -0.956. The molecular weight excluding hydrogens is 258 g/mol. The van der Waals surface area contributed by atoms with Crippen LogP contribution in [0.4, 0.5) is 0 Å². The first-order chi connectivity index (χ1) is 9.60. The van der Waals surface area contributed by atoms with Crippen LogP contribution in [-0.2, 0) is 4.79 Å². The van der Waals surface area contributed by atoms with Crippen LogP contribution in [0.1, 0.15) is 37.0 Å². The van der Waals surface area contributed by atoms with E-state index in [2.05, 4.69) is 0 Å². The lowest BCUT2D eigenvalue weighted by Crippen LogP contribution is -2.36. The van der Waals surface area contributed by atoms with Crippen LogP contribution < -0.4 is 4.74 Å². The van der Waals surface area contributed by atoms with Gasteiger partial charge in [0.15, 0.2) is 6.61 Å². The van der Waals surface area contributed by atoms with E-state index in [-0.39, 0.29) is 23.8 Å². The molecule has 1 aromatic carbocycles. The summed E-state index contributed by atoms with van der Waals surface area (Å²) < 4.78 is 5.36. The van der Waals surface area contributed by atoms with E-state index in [1.165, 1.54) is 6.07 Å². The Labute approximate surface area is 119 Å². The quantitative estimate of drug-likeness (QED) is 0.793. The van der Waals surface area contributed by atoms with Crippen LogP contribution in [0, 0.1) is 0 Å². The van der Waals surface area contributed by atoms with Gasteiger partial charge in [-0.1, -0.05) is 26.0 Å². The number of aromatic carboxylic acids is 1. The summed E-state index contributed by atoms with van der Waals surface area (Å²) in [7, 11) is 0. The van der Waals surface area contributed by atoms with Gasteiger partial charge < -0.3 is 14.7 Å². The van der Waals surface area contributed by atoms with E-state index in [1.807, 2.05) is 13.8 Å². The van der Waals surface area contributed by atoms with E-state index in [4.69, 9.17) is 9.84 Å². The van der Waals surface area contributed by atoms with Crippen LogP contribution in [0.25, 0.3) is 0 Å². The number of amides is 1. The minimum atomic E-state index is -1.06. The molecule has 1 aromatic rings. The van der Waals surface area contributed by atoms with Crippen molar-refractivity contribution in [3.8, 4) is 5.75 Å². The Bertz CT molecular complexity index is 453. The first-order valence-corrected chi connectivity index (χ1v) is 6.83. The largest absolute Gasteiger partial charge is 0.483 e. The van der Waals surface area contributed by atoms with Gasteiger partial charge in [0.05, 0.1) is 0 Å². The fraction of sp³-hybridized carbons (Fsp3) is 0.467. The van der Waals surface area contributed by atoms with Crippen molar-refractivity contribution in [1.82, 2.24) is 4.90 Å². The molecule has 1 rings (SSSR count). The van der Waals surface area contributed by atoms with Gasteiger partial charge in [0.2, 0.25) is 0 Å². The number of benzene rings is 1. The Hall–Kier alpha value is -2.04. The van der Waals surface area contributed by atoms with Gasteiger partial charge in [0.25, 0.3) is 5.91 Å². The van der Waals surface area contributed by atoms with Crippen LogP contribution in [0.15, 0.2) is 24.3 Å². The van der Waals surface area contributed by atoms with Gasteiger partial charge in [0.1, 0.15) is 11.3 Å². The highest BCUT2D eigenvalue weighted by molar-refractivity contribution is 5.91. The highest BCUT2D eigenvalue weighted by Crippen LogP contribution is 2.17. The fourth-order valence-corrected chi connectivity index (χ4v) is 1.90. The molecule has 0 aromatic heterocycles. The molecule has 0 heterocycles. The van der Waals surface area contributed by atoms with Crippen LogP contribution in [0.5, 0.6) is 5.75 Å². The van der Waals surface area contributed by atoms with Crippen molar-refractivity contribution in [1.29, 1.82) is 0 Å². The molecule has 0 aliphatic carbocycles. The second-order valence-electron chi connectivity index (χ2n) is 4.47. The highest BCUT2D eigenvalue weighted by atomic mass is 16.5. The van der Waals surface area contributed by atoms with Crippen LogP contribution in [0.3, 0.4) is 0 Å². The number of carbonyl (C=O) groups is 2. The van der Waals surface area contributed by atoms with Crippen molar-refractivity contribution in [2.75, 3.05) is 19.7 Å². The average molecular weight is 279 g/mol. The lowest BCUT2D eigenvalue weighted by molar-refractivity contribution is -0.133. The monoisotopic (exact) mass is 279 g/mol. The molecule has 0 fully saturated rings. The first-order valence-electron chi connectivity index (χ1n) is 6.83. The Morgan fingerprint density at radius 1 is 1.15 bits per heavy atom. The van der Waals surface area contributed by atoms with Crippen molar-refractivity contribution in [3.63, 3.8) is 0 Å². The lowest BCUT2D eigenvalue weighted by Gasteiger charge is -2.21. The van der Waals surface area contributed by atoms with Crippen LogP contribution in [0.2, 0.25) is 0 Å². The molecule has 0 bridgehead atoms. The molecule has 0 atom stereocenters. The number of ether oxygens (including phenoxy) is 1. The summed E-state index contributed by atoms with van der Waals surface area (Å²) in [6.45, 7) is 5.27. The topological polar surface area (TPSA) is 66.8 Å². The smallest absolute Gasteiger partial charge is 0.339 e. The standard InChI is InChI=1S/C15H21NO4/c1-3-9-16(10-4-2)14(17)11-20-13-8-6-5-7-12(13)15(18)19/h5-8H,3-4,9-11H2,1-2H3,(H,18,19). The highest BCUT2D eigenvalue weighted by Gasteiger charge is 2.15. The predicted octanol–water partition coefficient (Wildman–Crippen LogP) is 2.41. The zero-order valence-electron chi connectivity index (χ0n) is 12.0. The van der Waals surface area contributed by atoms with Gasteiger partial charge in [-0.25, -0.2) is 4.79 Å². The Morgan fingerprint density at radius 2 is 1.75 bits per heavy atom. The summed E-state index contributed by atoms with van der Waals surface area (Å²) >= 11 is 0. The van der Waals surface area contributed by atoms with Gasteiger partial charge >= 0.3 is 5.97 Å². The molecule has 1 amide bonds. The number of nitrogens with zero attached hydrogens (tertiary/aromatic N) is 1. The van der Waals surface area contributed by atoms with Gasteiger partial charge in [-0.05, 0) is 25.0 Å². The first kappa shape index (κ1) is 16.0. The van der Waals surface area contributed by atoms with Crippen molar-refractivity contribution in [2.45, 2.75) is 26.7 Å². The number of hydrogen-bond donors (Lipinski definition) is 1.